The SMILES string of the molecule is O=C(CCNCc1cccnc1)N1CCN(C/C=C/c2ccccc2)CC1. The van der Waals surface area contributed by atoms with E-state index in [1.54, 1.807) is 6.20 Å². The van der Waals surface area contributed by atoms with Crippen LogP contribution in [0.25, 0.3) is 6.08 Å². The average Bonchev–Trinajstić information content (AvgIpc) is 2.73. The first-order valence-electron chi connectivity index (χ1n) is 9.62. The van der Waals surface area contributed by atoms with Crippen LogP contribution in [0.4, 0.5) is 0 Å². The first-order chi connectivity index (χ1) is 13.3. The number of aromatic nitrogens is 1. The third-order valence-corrected chi connectivity index (χ3v) is 4.77. The van der Waals surface area contributed by atoms with E-state index in [0.29, 0.717) is 13.0 Å². The van der Waals surface area contributed by atoms with E-state index in [1.807, 2.05) is 29.3 Å². The molecule has 5 heteroatoms. The molecule has 0 saturated carbocycles. The van der Waals surface area contributed by atoms with Gasteiger partial charge < -0.3 is 10.2 Å². The van der Waals surface area contributed by atoms with E-state index in [0.717, 1.165) is 44.8 Å². The molecule has 0 spiro atoms. The lowest BCUT2D eigenvalue weighted by Gasteiger charge is -2.34. The van der Waals surface area contributed by atoms with Gasteiger partial charge in [-0.25, -0.2) is 0 Å². The maximum atomic E-state index is 12.4. The Morgan fingerprint density at radius 2 is 1.89 bits per heavy atom. The van der Waals surface area contributed by atoms with Gasteiger partial charge in [-0.05, 0) is 17.2 Å². The molecular formula is C22H28N4O. The molecule has 1 saturated heterocycles. The fourth-order valence-electron chi connectivity index (χ4n) is 3.17. The van der Waals surface area contributed by atoms with Gasteiger partial charge in [-0.1, -0.05) is 48.6 Å². The van der Waals surface area contributed by atoms with Crippen LogP contribution in [-0.2, 0) is 11.3 Å². The molecule has 0 unspecified atom stereocenters. The number of carbonyl (C=O) groups is 1. The van der Waals surface area contributed by atoms with E-state index >= 15 is 0 Å². The van der Waals surface area contributed by atoms with Crippen LogP contribution in [0.15, 0.2) is 60.9 Å². The number of nitrogens with zero attached hydrogens (tertiary/aromatic N) is 3. The highest BCUT2D eigenvalue weighted by atomic mass is 16.2. The number of benzene rings is 1. The van der Waals surface area contributed by atoms with Gasteiger partial charge in [-0.2, -0.15) is 0 Å². The summed E-state index contributed by atoms with van der Waals surface area (Å²) in [6, 6.07) is 14.3. The summed E-state index contributed by atoms with van der Waals surface area (Å²) in [5.74, 6) is 0.244. The molecule has 142 valence electrons. The standard InChI is InChI=1S/C22H28N4O/c27-22(10-12-24-19-21-8-4-11-23-18-21)26-16-14-25(15-17-26)13-5-9-20-6-2-1-3-7-20/h1-9,11,18,24H,10,12-17,19H2/b9-5+. The minimum atomic E-state index is 0.244. The van der Waals surface area contributed by atoms with Gasteiger partial charge >= 0.3 is 0 Å². The number of hydrogen-bond acceptors (Lipinski definition) is 4. The number of piperazine rings is 1. The van der Waals surface area contributed by atoms with Crippen LogP contribution in [0.3, 0.4) is 0 Å². The van der Waals surface area contributed by atoms with Gasteiger partial charge in [-0.3, -0.25) is 14.7 Å². The molecule has 0 atom stereocenters. The van der Waals surface area contributed by atoms with Crippen molar-refractivity contribution < 1.29 is 4.79 Å². The zero-order chi connectivity index (χ0) is 18.7. The fraction of sp³-hybridized carbons (Fsp3) is 0.364. The molecule has 2 heterocycles. The van der Waals surface area contributed by atoms with Crippen LogP contribution in [0.2, 0.25) is 0 Å². The molecule has 0 radical (unpaired) electrons. The number of hydrogen-bond donors (Lipinski definition) is 1. The van der Waals surface area contributed by atoms with Crippen molar-refractivity contribution in [3.8, 4) is 0 Å². The van der Waals surface area contributed by atoms with Crippen molar-refractivity contribution in [1.29, 1.82) is 0 Å². The summed E-state index contributed by atoms with van der Waals surface area (Å²) in [5.41, 5.74) is 2.37. The van der Waals surface area contributed by atoms with Crippen LogP contribution in [-0.4, -0.2) is 60.0 Å². The maximum Gasteiger partial charge on any atom is 0.223 e. The van der Waals surface area contributed by atoms with Crippen molar-refractivity contribution in [3.05, 3.63) is 72.1 Å². The van der Waals surface area contributed by atoms with Gasteiger partial charge in [0.05, 0.1) is 0 Å². The molecule has 1 amide bonds. The number of nitrogens with one attached hydrogen (secondary N) is 1. The van der Waals surface area contributed by atoms with E-state index in [1.165, 1.54) is 5.56 Å². The Morgan fingerprint density at radius 1 is 1.07 bits per heavy atom. The molecular weight excluding hydrogens is 336 g/mol. The van der Waals surface area contributed by atoms with Gasteiger partial charge in [-0.15, -0.1) is 0 Å². The topological polar surface area (TPSA) is 48.5 Å². The third-order valence-electron chi connectivity index (χ3n) is 4.77. The lowest BCUT2D eigenvalue weighted by Crippen LogP contribution is -2.49. The zero-order valence-electron chi connectivity index (χ0n) is 15.8. The summed E-state index contributed by atoms with van der Waals surface area (Å²) in [6.45, 7) is 5.91. The summed E-state index contributed by atoms with van der Waals surface area (Å²) in [4.78, 5) is 20.8. The van der Waals surface area contributed by atoms with Crippen molar-refractivity contribution in [1.82, 2.24) is 20.1 Å². The van der Waals surface area contributed by atoms with Gasteiger partial charge in [0.1, 0.15) is 0 Å². The molecule has 1 aromatic carbocycles. The van der Waals surface area contributed by atoms with Gasteiger partial charge in [0.25, 0.3) is 0 Å². The van der Waals surface area contributed by atoms with Crippen molar-refractivity contribution in [2.75, 3.05) is 39.3 Å². The Balaban J connectivity index is 1.30. The van der Waals surface area contributed by atoms with Crippen molar-refractivity contribution in [2.45, 2.75) is 13.0 Å². The maximum absolute atomic E-state index is 12.4. The Labute approximate surface area is 161 Å². The van der Waals surface area contributed by atoms with Crippen LogP contribution in [0, 0.1) is 0 Å². The number of rotatable bonds is 8. The monoisotopic (exact) mass is 364 g/mol. The van der Waals surface area contributed by atoms with E-state index in [-0.39, 0.29) is 5.91 Å². The van der Waals surface area contributed by atoms with Crippen molar-refractivity contribution in [2.24, 2.45) is 0 Å². The van der Waals surface area contributed by atoms with E-state index in [2.05, 4.69) is 51.6 Å². The lowest BCUT2D eigenvalue weighted by molar-refractivity contribution is -0.132. The summed E-state index contributed by atoms with van der Waals surface area (Å²) < 4.78 is 0. The van der Waals surface area contributed by atoms with Crippen molar-refractivity contribution in [3.63, 3.8) is 0 Å². The summed E-state index contributed by atoms with van der Waals surface area (Å²) in [7, 11) is 0. The molecule has 0 bridgehead atoms. The molecule has 3 rings (SSSR count). The molecule has 2 aromatic rings. The molecule has 1 fully saturated rings. The summed E-state index contributed by atoms with van der Waals surface area (Å²) in [5, 5.41) is 3.32. The minimum Gasteiger partial charge on any atom is -0.340 e. The Hall–Kier alpha value is -2.50. The highest BCUT2D eigenvalue weighted by Gasteiger charge is 2.19. The van der Waals surface area contributed by atoms with Crippen LogP contribution < -0.4 is 5.32 Å². The zero-order valence-corrected chi connectivity index (χ0v) is 15.8. The molecule has 1 aromatic heterocycles. The smallest absolute Gasteiger partial charge is 0.223 e. The van der Waals surface area contributed by atoms with Crippen molar-refractivity contribution >= 4 is 12.0 Å². The van der Waals surface area contributed by atoms with Crippen LogP contribution in [0.1, 0.15) is 17.5 Å². The molecule has 1 N–H and O–H groups in total. The number of amides is 1. The second-order valence-electron chi connectivity index (χ2n) is 6.78. The van der Waals surface area contributed by atoms with E-state index < -0.39 is 0 Å². The molecule has 0 aliphatic carbocycles. The fourth-order valence-corrected chi connectivity index (χ4v) is 3.17. The number of pyridine rings is 1. The largest absolute Gasteiger partial charge is 0.340 e. The van der Waals surface area contributed by atoms with Gasteiger partial charge in [0, 0.05) is 64.6 Å². The summed E-state index contributed by atoms with van der Waals surface area (Å²) in [6.07, 6.45) is 8.53. The predicted molar refractivity (Wildman–Crippen MR) is 109 cm³/mol. The normalized spacial score (nSPS) is 15.3. The second-order valence-corrected chi connectivity index (χ2v) is 6.78. The predicted octanol–water partition coefficient (Wildman–Crippen LogP) is 2.42. The van der Waals surface area contributed by atoms with Gasteiger partial charge in [0.2, 0.25) is 5.91 Å². The van der Waals surface area contributed by atoms with Gasteiger partial charge in [0.15, 0.2) is 0 Å². The quantitative estimate of drug-likeness (QED) is 0.731. The molecule has 1 aliphatic rings. The molecule has 5 nitrogen and oxygen atoms in total. The molecule has 27 heavy (non-hydrogen) atoms. The van der Waals surface area contributed by atoms with E-state index in [9.17, 15) is 4.79 Å². The number of carbonyl (C=O) groups excluding carboxylic acids is 1. The lowest BCUT2D eigenvalue weighted by atomic mass is 10.2. The third kappa shape index (κ3) is 6.62. The minimum absolute atomic E-state index is 0.244. The Bertz CT molecular complexity index is 710. The Kier molecular flexibility index (Phi) is 7.56. The first-order valence-corrected chi connectivity index (χ1v) is 9.62. The van der Waals surface area contributed by atoms with Crippen LogP contribution in [0.5, 0.6) is 0 Å². The second kappa shape index (κ2) is 10.6. The highest BCUT2D eigenvalue weighted by molar-refractivity contribution is 5.76. The highest BCUT2D eigenvalue weighted by Crippen LogP contribution is 2.06. The summed E-state index contributed by atoms with van der Waals surface area (Å²) >= 11 is 0. The van der Waals surface area contributed by atoms with Crippen LogP contribution >= 0.6 is 0 Å². The molecule has 1 aliphatic heterocycles. The Morgan fingerprint density at radius 3 is 2.63 bits per heavy atom. The average molecular weight is 364 g/mol. The first kappa shape index (κ1) is 19.3. The van der Waals surface area contributed by atoms with E-state index in [4.69, 9.17) is 0 Å².